The minimum absolute atomic E-state index is 0.0509. The van der Waals surface area contributed by atoms with Crippen LogP contribution in [0.2, 0.25) is 5.15 Å². The maximum atomic E-state index is 11.5. The molecule has 4 nitrogen and oxygen atoms in total. The minimum Gasteiger partial charge on any atom is -0.506 e. The highest BCUT2D eigenvalue weighted by atomic mass is 35.5. The number of sulfone groups is 1. The number of pyridine rings is 1. The van der Waals surface area contributed by atoms with Crippen molar-refractivity contribution >= 4 is 21.4 Å². The van der Waals surface area contributed by atoms with Gasteiger partial charge in [-0.3, -0.25) is 0 Å². The Hall–Kier alpha value is -1.59. The average molecular weight is 284 g/mol. The predicted molar refractivity (Wildman–Crippen MR) is 69.5 cm³/mol. The second-order valence-electron chi connectivity index (χ2n) is 3.80. The van der Waals surface area contributed by atoms with Crippen molar-refractivity contribution < 1.29 is 13.5 Å². The van der Waals surface area contributed by atoms with E-state index in [9.17, 15) is 13.5 Å². The first-order chi connectivity index (χ1) is 8.38. The summed E-state index contributed by atoms with van der Waals surface area (Å²) in [4.78, 5) is 4.15. The Bertz CT molecular complexity index is 698. The van der Waals surface area contributed by atoms with Crippen LogP contribution in [-0.4, -0.2) is 24.8 Å². The van der Waals surface area contributed by atoms with Crippen LogP contribution in [0.15, 0.2) is 41.3 Å². The van der Waals surface area contributed by atoms with Crippen LogP contribution < -0.4 is 0 Å². The third kappa shape index (κ3) is 2.63. The van der Waals surface area contributed by atoms with Crippen molar-refractivity contribution in [2.45, 2.75) is 4.90 Å². The largest absolute Gasteiger partial charge is 0.506 e. The molecule has 0 spiro atoms. The van der Waals surface area contributed by atoms with Crippen molar-refractivity contribution in [1.82, 2.24) is 4.98 Å². The first kappa shape index (κ1) is 12.9. The van der Waals surface area contributed by atoms with Crippen molar-refractivity contribution in [3.63, 3.8) is 0 Å². The Balaban J connectivity index is 2.62. The summed E-state index contributed by atoms with van der Waals surface area (Å²) in [6, 6.07) is 9.06. The first-order valence-electron chi connectivity index (χ1n) is 5.04. The van der Waals surface area contributed by atoms with E-state index in [2.05, 4.69) is 4.98 Å². The van der Waals surface area contributed by atoms with Crippen LogP contribution >= 0.6 is 11.6 Å². The zero-order valence-electron chi connectivity index (χ0n) is 9.46. The lowest BCUT2D eigenvalue weighted by atomic mass is 10.1. The van der Waals surface area contributed by atoms with E-state index >= 15 is 0 Å². The Kier molecular flexibility index (Phi) is 3.28. The number of hydrogen-bond acceptors (Lipinski definition) is 4. The van der Waals surface area contributed by atoms with E-state index in [-0.39, 0.29) is 21.5 Å². The highest BCUT2D eigenvalue weighted by Gasteiger charge is 2.11. The van der Waals surface area contributed by atoms with Gasteiger partial charge in [-0.15, -0.1) is 0 Å². The minimum atomic E-state index is -3.30. The van der Waals surface area contributed by atoms with Gasteiger partial charge < -0.3 is 5.11 Å². The van der Waals surface area contributed by atoms with Gasteiger partial charge in [-0.1, -0.05) is 23.7 Å². The van der Waals surface area contributed by atoms with Crippen molar-refractivity contribution in [2.75, 3.05) is 6.26 Å². The maximum Gasteiger partial charge on any atom is 0.175 e. The standard InChI is InChI=1S/C12H10ClNO3S/c1-18(16,17)9-4-2-3-8(7-9)12-10(15)5-6-11(13)14-12/h2-7,15H,1H3. The van der Waals surface area contributed by atoms with Crippen molar-refractivity contribution in [1.29, 1.82) is 0 Å². The molecule has 0 saturated carbocycles. The van der Waals surface area contributed by atoms with Crippen LogP contribution in [0.4, 0.5) is 0 Å². The SMILES string of the molecule is CS(=O)(=O)c1cccc(-c2nc(Cl)ccc2O)c1. The second-order valence-corrected chi connectivity index (χ2v) is 6.20. The van der Waals surface area contributed by atoms with Gasteiger partial charge in [0.2, 0.25) is 0 Å². The zero-order valence-corrected chi connectivity index (χ0v) is 11.0. The average Bonchev–Trinajstić information content (AvgIpc) is 2.31. The summed E-state index contributed by atoms with van der Waals surface area (Å²) in [6.07, 6.45) is 1.12. The zero-order chi connectivity index (χ0) is 13.3. The Morgan fingerprint density at radius 2 is 1.94 bits per heavy atom. The van der Waals surface area contributed by atoms with Crippen molar-refractivity contribution in [3.05, 3.63) is 41.6 Å². The molecule has 18 heavy (non-hydrogen) atoms. The number of hydrogen-bond donors (Lipinski definition) is 1. The molecule has 2 rings (SSSR count). The molecule has 1 aromatic carbocycles. The van der Waals surface area contributed by atoms with Gasteiger partial charge in [0, 0.05) is 11.8 Å². The molecule has 0 bridgehead atoms. The molecule has 0 unspecified atom stereocenters. The molecule has 0 aliphatic rings. The van der Waals surface area contributed by atoms with Gasteiger partial charge >= 0.3 is 0 Å². The van der Waals surface area contributed by atoms with Gasteiger partial charge in [0.05, 0.1) is 4.90 Å². The van der Waals surface area contributed by atoms with Gasteiger partial charge in [-0.25, -0.2) is 13.4 Å². The Morgan fingerprint density at radius 1 is 1.22 bits per heavy atom. The molecule has 0 fully saturated rings. The monoisotopic (exact) mass is 283 g/mol. The molecule has 94 valence electrons. The van der Waals surface area contributed by atoms with Crippen LogP contribution in [0.1, 0.15) is 0 Å². The maximum absolute atomic E-state index is 11.5. The fourth-order valence-corrected chi connectivity index (χ4v) is 2.33. The molecule has 0 atom stereocenters. The number of nitrogens with zero attached hydrogens (tertiary/aromatic N) is 1. The molecule has 0 radical (unpaired) electrons. The smallest absolute Gasteiger partial charge is 0.175 e. The molecular weight excluding hydrogens is 274 g/mol. The molecule has 0 aliphatic carbocycles. The number of benzene rings is 1. The van der Waals surface area contributed by atoms with Gasteiger partial charge in [0.15, 0.2) is 9.84 Å². The molecule has 6 heteroatoms. The van der Waals surface area contributed by atoms with Crippen LogP contribution in [0, 0.1) is 0 Å². The fraction of sp³-hybridized carbons (Fsp3) is 0.0833. The van der Waals surface area contributed by atoms with E-state index < -0.39 is 9.84 Å². The van der Waals surface area contributed by atoms with Gasteiger partial charge in [-0.2, -0.15) is 0 Å². The third-order valence-corrected chi connectivity index (χ3v) is 3.70. The molecule has 2 aromatic rings. The highest BCUT2D eigenvalue weighted by Crippen LogP contribution is 2.29. The Morgan fingerprint density at radius 3 is 2.61 bits per heavy atom. The van der Waals surface area contributed by atoms with E-state index in [0.29, 0.717) is 5.56 Å². The molecule has 0 amide bonds. The normalized spacial score (nSPS) is 11.4. The van der Waals surface area contributed by atoms with Gasteiger partial charge in [-0.05, 0) is 24.3 Å². The summed E-state index contributed by atoms with van der Waals surface area (Å²) in [5.74, 6) is -0.0509. The van der Waals surface area contributed by atoms with Crippen LogP contribution in [0.3, 0.4) is 0 Å². The quantitative estimate of drug-likeness (QED) is 0.860. The van der Waals surface area contributed by atoms with Crippen molar-refractivity contribution in [3.8, 4) is 17.0 Å². The summed E-state index contributed by atoms with van der Waals surface area (Å²) >= 11 is 5.76. The lowest BCUT2D eigenvalue weighted by Crippen LogP contribution is -1.97. The molecule has 1 aromatic heterocycles. The fourth-order valence-electron chi connectivity index (χ4n) is 1.51. The number of aromatic hydroxyl groups is 1. The number of rotatable bonds is 2. The lowest BCUT2D eigenvalue weighted by molar-refractivity contribution is 0.475. The summed E-state index contributed by atoms with van der Waals surface area (Å²) in [5.41, 5.74) is 0.755. The van der Waals surface area contributed by atoms with E-state index in [1.54, 1.807) is 12.1 Å². The van der Waals surface area contributed by atoms with Gasteiger partial charge in [0.25, 0.3) is 0 Å². The van der Waals surface area contributed by atoms with Crippen LogP contribution in [0.5, 0.6) is 5.75 Å². The molecule has 0 saturated heterocycles. The number of halogens is 1. The van der Waals surface area contributed by atoms with Crippen LogP contribution in [-0.2, 0) is 9.84 Å². The summed E-state index contributed by atoms with van der Waals surface area (Å²) < 4.78 is 22.9. The van der Waals surface area contributed by atoms with Crippen LogP contribution in [0.25, 0.3) is 11.3 Å². The first-order valence-corrected chi connectivity index (χ1v) is 7.31. The van der Waals surface area contributed by atoms with E-state index in [1.807, 2.05) is 0 Å². The van der Waals surface area contributed by atoms with E-state index in [1.165, 1.54) is 24.3 Å². The third-order valence-electron chi connectivity index (χ3n) is 2.38. The number of aromatic nitrogens is 1. The molecule has 1 N–H and O–H groups in total. The molecule has 1 heterocycles. The molecule has 0 aliphatic heterocycles. The predicted octanol–water partition coefficient (Wildman–Crippen LogP) is 2.51. The second kappa shape index (κ2) is 4.59. The highest BCUT2D eigenvalue weighted by molar-refractivity contribution is 7.90. The van der Waals surface area contributed by atoms with E-state index in [4.69, 9.17) is 11.6 Å². The topological polar surface area (TPSA) is 67.3 Å². The summed E-state index contributed by atoms with van der Waals surface area (Å²) in [5, 5.41) is 9.94. The lowest BCUT2D eigenvalue weighted by Gasteiger charge is -2.06. The van der Waals surface area contributed by atoms with Gasteiger partial charge in [0.1, 0.15) is 16.6 Å². The molecular formula is C12H10ClNO3S. The van der Waals surface area contributed by atoms with E-state index in [0.717, 1.165) is 6.26 Å². The van der Waals surface area contributed by atoms with Crippen molar-refractivity contribution in [2.24, 2.45) is 0 Å². The summed E-state index contributed by atoms with van der Waals surface area (Å²) in [6.45, 7) is 0. The summed E-state index contributed by atoms with van der Waals surface area (Å²) in [7, 11) is -3.30. The Labute approximate surface area is 110 Å².